The van der Waals surface area contributed by atoms with E-state index in [9.17, 15) is 14.7 Å². The van der Waals surface area contributed by atoms with Crippen LogP contribution >= 0.6 is 0 Å². The van der Waals surface area contributed by atoms with Crippen LogP contribution < -0.4 is 0 Å². The van der Waals surface area contributed by atoms with Crippen molar-refractivity contribution >= 4 is 11.9 Å². The highest BCUT2D eigenvalue weighted by Gasteiger charge is 2.41. The predicted octanol–water partition coefficient (Wildman–Crippen LogP) is 2.90. The Balaban J connectivity index is 1.51. The Bertz CT molecular complexity index is 634. The van der Waals surface area contributed by atoms with Crippen LogP contribution in [0, 0.1) is 24.7 Å². The molecule has 3 atom stereocenters. The summed E-state index contributed by atoms with van der Waals surface area (Å²) in [4.78, 5) is 26.1. The number of carbonyl (C=O) groups is 2. The van der Waals surface area contributed by atoms with Crippen molar-refractivity contribution in [1.29, 1.82) is 0 Å². The molecule has 0 bridgehead atoms. The smallest absolute Gasteiger partial charge is 0.309 e. The Morgan fingerprint density at radius 3 is 2.46 bits per heavy atom. The molecule has 0 radical (unpaired) electrons. The van der Waals surface area contributed by atoms with Crippen LogP contribution in [-0.2, 0) is 20.7 Å². The number of likely N-dealkylation sites (tertiary alicyclic amines) is 1. The minimum Gasteiger partial charge on any atom is -0.481 e. The molecule has 3 rings (SSSR count). The Labute approximate surface area is 155 Å². The molecule has 1 aromatic carbocycles. The van der Waals surface area contributed by atoms with E-state index in [0.717, 1.165) is 19.3 Å². The Morgan fingerprint density at radius 2 is 1.85 bits per heavy atom. The van der Waals surface area contributed by atoms with Crippen molar-refractivity contribution < 1.29 is 19.4 Å². The fourth-order valence-electron chi connectivity index (χ4n) is 4.27. The van der Waals surface area contributed by atoms with Crippen molar-refractivity contribution in [2.75, 3.05) is 19.7 Å². The molecule has 5 nitrogen and oxygen atoms in total. The molecule has 1 aromatic rings. The van der Waals surface area contributed by atoms with Crippen molar-refractivity contribution in [3.8, 4) is 0 Å². The molecular weight excluding hydrogens is 330 g/mol. The second kappa shape index (κ2) is 8.21. The Hall–Kier alpha value is -1.88. The Morgan fingerprint density at radius 1 is 1.19 bits per heavy atom. The third-order valence-electron chi connectivity index (χ3n) is 5.85. The summed E-state index contributed by atoms with van der Waals surface area (Å²) in [5, 5.41) is 9.34. The van der Waals surface area contributed by atoms with Crippen LogP contribution in [0.2, 0.25) is 0 Å². The van der Waals surface area contributed by atoms with Gasteiger partial charge in [0.15, 0.2) is 0 Å². The highest BCUT2D eigenvalue weighted by molar-refractivity contribution is 5.79. The third kappa shape index (κ3) is 4.26. The molecule has 2 heterocycles. The van der Waals surface area contributed by atoms with Gasteiger partial charge in [-0.05, 0) is 44.1 Å². The zero-order valence-corrected chi connectivity index (χ0v) is 15.7. The van der Waals surface area contributed by atoms with Crippen LogP contribution in [0.15, 0.2) is 24.3 Å². The van der Waals surface area contributed by atoms with Crippen LogP contribution in [0.3, 0.4) is 0 Å². The standard InChI is InChI=1S/C21H29NO4/c1-14-3-5-16(6-4-14)13-15(2)20(23)22-10-7-17(8-11-22)19-18(21(24)25)9-12-26-19/h3-6,15,17-19H,7-13H2,1-2H3,(H,24,25)/t15?,18?,19-/m0/s1. The molecule has 0 spiro atoms. The summed E-state index contributed by atoms with van der Waals surface area (Å²) in [5.41, 5.74) is 2.42. The van der Waals surface area contributed by atoms with Gasteiger partial charge in [-0.15, -0.1) is 0 Å². The topological polar surface area (TPSA) is 66.8 Å². The SMILES string of the molecule is Cc1ccc(CC(C)C(=O)N2CCC([C@@H]3OCCC3C(=O)O)CC2)cc1. The van der Waals surface area contributed by atoms with Crippen molar-refractivity contribution in [2.45, 2.75) is 45.6 Å². The fourth-order valence-corrected chi connectivity index (χ4v) is 4.27. The number of carboxylic acids is 1. The van der Waals surface area contributed by atoms with Crippen LogP contribution in [-0.4, -0.2) is 47.7 Å². The van der Waals surface area contributed by atoms with Crippen molar-refractivity contribution in [3.05, 3.63) is 35.4 Å². The van der Waals surface area contributed by atoms with Crippen LogP contribution in [0.1, 0.15) is 37.3 Å². The molecule has 0 aliphatic carbocycles. The molecular formula is C21H29NO4. The lowest BCUT2D eigenvalue weighted by atomic mass is 9.84. The first kappa shape index (κ1) is 18.9. The van der Waals surface area contributed by atoms with E-state index in [0.29, 0.717) is 26.1 Å². The minimum atomic E-state index is -0.752. The third-order valence-corrected chi connectivity index (χ3v) is 5.85. The van der Waals surface area contributed by atoms with E-state index in [1.807, 2.05) is 11.8 Å². The average Bonchev–Trinajstić information content (AvgIpc) is 3.13. The van der Waals surface area contributed by atoms with E-state index in [4.69, 9.17) is 4.74 Å². The Kier molecular flexibility index (Phi) is 5.97. The first-order valence-corrected chi connectivity index (χ1v) is 9.64. The zero-order chi connectivity index (χ0) is 18.7. The van der Waals surface area contributed by atoms with Gasteiger partial charge in [0.1, 0.15) is 0 Å². The largest absolute Gasteiger partial charge is 0.481 e. The minimum absolute atomic E-state index is 0.0382. The van der Waals surface area contributed by atoms with Crippen molar-refractivity contribution in [3.63, 3.8) is 0 Å². The molecule has 142 valence electrons. The van der Waals surface area contributed by atoms with Crippen LogP contribution in [0.4, 0.5) is 0 Å². The molecule has 2 saturated heterocycles. The molecule has 2 aliphatic heterocycles. The first-order chi connectivity index (χ1) is 12.5. The molecule has 5 heteroatoms. The highest BCUT2D eigenvalue weighted by atomic mass is 16.5. The van der Waals surface area contributed by atoms with Gasteiger partial charge < -0.3 is 14.7 Å². The summed E-state index contributed by atoms with van der Waals surface area (Å²) < 4.78 is 5.71. The van der Waals surface area contributed by atoms with E-state index in [-0.39, 0.29) is 29.8 Å². The summed E-state index contributed by atoms with van der Waals surface area (Å²) in [6, 6.07) is 8.35. The number of aliphatic carboxylic acids is 1. The van der Waals surface area contributed by atoms with Crippen molar-refractivity contribution in [1.82, 2.24) is 4.90 Å². The van der Waals surface area contributed by atoms with Gasteiger partial charge in [0, 0.05) is 25.6 Å². The summed E-state index contributed by atoms with van der Waals surface area (Å²) >= 11 is 0. The van der Waals surface area contributed by atoms with E-state index in [1.54, 1.807) is 0 Å². The second-order valence-corrected chi connectivity index (χ2v) is 7.82. The lowest BCUT2D eigenvalue weighted by Gasteiger charge is -2.36. The quantitative estimate of drug-likeness (QED) is 0.878. The molecule has 0 saturated carbocycles. The molecule has 26 heavy (non-hydrogen) atoms. The number of aryl methyl sites for hydroxylation is 1. The summed E-state index contributed by atoms with van der Waals surface area (Å²) in [6.45, 7) is 6.00. The number of hydrogen-bond acceptors (Lipinski definition) is 3. The number of piperidine rings is 1. The molecule has 2 unspecified atom stereocenters. The van der Waals surface area contributed by atoms with Crippen LogP contribution in [0.5, 0.6) is 0 Å². The maximum absolute atomic E-state index is 12.8. The molecule has 1 amide bonds. The van der Waals surface area contributed by atoms with E-state index in [1.165, 1.54) is 11.1 Å². The normalized spacial score (nSPS) is 25.2. The van der Waals surface area contributed by atoms with Gasteiger partial charge in [0.25, 0.3) is 0 Å². The zero-order valence-electron chi connectivity index (χ0n) is 15.7. The van der Waals surface area contributed by atoms with Gasteiger partial charge in [0.05, 0.1) is 12.0 Å². The fraction of sp³-hybridized carbons (Fsp3) is 0.619. The molecule has 2 fully saturated rings. The van der Waals surface area contributed by atoms with Gasteiger partial charge in [0.2, 0.25) is 5.91 Å². The van der Waals surface area contributed by atoms with Gasteiger partial charge >= 0.3 is 5.97 Å². The van der Waals surface area contributed by atoms with Crippen LogP contribution in [0.25, 0.3) is 0 Å². The van der Waals surface area contributed by atoms with E-state index < -0.39 is 5.97 Å². The highest BCUT2D eigenvalue weighted by Crippen LogP contribution is 2.33. The number of nitrogens with zero attached hydrogens (tertiary/aromatic N) is 1. The number of rotatable bonds is 5. The summed E-state index contributed by atoms with van der Waals surface area (Å²) in [7, 11) is 0. The number of hydrogen-bond donors (Lipinski definition) is 1. The van der Waals surface area contributed by atoms with Gasteiger partial charge in [-0.25, -0.2) is 0 Å². The molecule has 2 aliphatic rings. The number of carbonyl (C=O) groups excluding carboxylic acids is 1. The number of ether oxygens (including phenoxy) is 1. The summed E-state index contributed by atoms with van der Waals surface area (Å²) in [5.74, 6) is -0.731. The maximum Gasteiger partial charge on any atom is 0.309 e. The molecule has 0 aromatic heterocycles. The average molecular weight is 359 g/mol. The maximum atomic E-state index is 12.8. The summed E-state index contributed by atoms with van der Waals surface area (Å²) in [6.07, 6.45) is 2.84. The number of amides is 1. The number of carboxylic acid groups (broad SMARTS) is 1. The number of benzene rings is 1. The lowest BCUT2D eigenvalue weighted by Crippen LogP contribution is -2.45. The van der Waals surface area contributed by atoms with E-state index in [2.05, 4.69) is 31.2 Å². The molecule has 1 N–H and O–H groups in total. The predicted molar refractivity (Wildman–Crippen MR) is 98.8 cm³/mol. The van der Waals surface area contributed by atoms with Gasteiger partial charge in [-0.1, -0.05) is 36.8 Å². The first-order valence-electron chi connectivity index (χ1n) is 9.64. The van der Waals surface area contributed by atoms with Crippen molar-refractivity contribution in [2.24, 2.45) is 17.8 Å². The van der Waals surface area contributed by atoms with Gasteiger partial charge in [-0.3, -0.25) is 9.59 Å². The van der Waals surface area contributed by atoms with E-state index >= 15 is 0 Å². The lowest BCUT2D eigenvalue weighted by molar-refractivity contribution is -0.146. The monoisotopic (exact) mass is 359 g/mol. The van der Waals surface area contributed by atoms with Gasteiger partial charge in [-0.2, -0.15) is 0 Å². The second-order valence-electron chi connectivity index (χ2n) is 7.82.